The summed E-state index contributed by atoms with van der Waals surface area (Å²) in [4.78, 5) is 36.8. The molecule has 0 radical (unpaired) electrons. The van der Waals surface area contributed by atoms with Gasteiger partial charge in [-0.1, -0.05) is 17.7 Å². The van der Waals surface area contributed by atoms with Crippen molar-refractivity contribution in [2.24, 2.45) is 0 Å². The topological polar surface area (TPSA) is 68.8 Å². The van der Waals surface area contributed by atoms with E-state index in [0.29, 0.717) is 12.0 Å². The van der Waals surface area contributed by atoms with Crippen molar-refractivity contribution in [1.29, 1.82) is 0 Å². The van der Waals surface area contributed by atoms with Crippen LogP contribution in [0.1, 0.15) is 63.7 Å². The van der Waals surface area contributed by atoms with Gasteiger partial charge in [0, 0.05) is 55.9 Å². The van der Waals surface area contributed by atoms with Crippen molar-refractivity contribution < 1.29 is 22.8 Å². The third-order valence-electron chi connectivity index (χ3n) is 8.53. The Morgan fingerprint density at radius 2 is 1.63 bits per heavy atom. The van der Waals surface area contributed by atoms with Gasteiger partial charge in [-0.25, -0.2) is 4.79 Å². The fourth-order valence-electron chi connectivity index (χ4n) is 6.13. The molecule has 3 aromatic rings. The molecule has 228 valence electrons. The second kappa shape index (κ2) is 12.1. The molecule has 0 saturated carbocycles. The van der Waals surface area contributed by atoms with Crippen LogP contribution < -0.4 is 10.2 Å². The zero-order valence-electron chi connectivity index (χ0n) is 24.6. The van der Waals surface area contributed by atoms with Gasteiger partial charge in [0.05, 0.1) is 22.3 Å². The minimum atomic E-state index is -4.56. The monoisotopic (exact) mass is 613 g/mol. The number of alkyl halides is 3. The average Bonchev–Trinajstić information content (AvgIpc) is 3.39. The van der Waals surface area contributed by atoms with Crippen molar-refractivity contribution in [3.8, 4) is 0 Å². The fraction of sp³-hybridized carbons (Fsp3) is 0.406. The Bertz CT molecular complexity index is 1520. The smallest absolute Gasteiger partial charge is 0.371 e. The predicted molar refractivity (Wildman–Crippen MR) is 162 cm³/mol. The van der Waals surface area contributed by atoms with E-state index in [0.717, 1.165) is 78.8 Å². The zero-order valence-corrected chi connectivity index (χ0v) is 25.4. The van der Waals surface area contributed by atoms with Gasteiger partial charge in [0.2, 0.25) is 0 Å². The molecule has 2 aromatic carbocycles. The number of carbonyl (C=O) groups excluding carboxylic acids is 2. The molecule has 1 fully saturated rings. The van der Waals surface area contributed by atoms with E-state index in [2.05, 4.69) is 27.3 Å². The van der Waals surface area contributed by atoms with Crippen LogP contribution in [0.15, 0.2) is 48.5 Å². The van der Waals surface area contributed by atoms with Crippen molar-refractivity contribution in [2.75, 3.05) is 37.4 Å². The number of nitrogens with zero attached hydrogens (tertiary/aromatic N) is 4. The summed E-state index contributed by atoms with van der Waals surface area (Å²) in [6.45, 7) is 5.67. The Morgan fingerprint density at radius 1 is 0.953 bits per heavy atom. The maximum atomic E-state index is 13.6. The van der Waals surface area contributed by atoms with Gasteiger partial charge in [-0.3, -0.25) is 9.78 Å². The number of piperidine rings is 1. The number of amides is 3. The lowest BCUT2D eigenvalue weighted by atomic mass is 10.00. The largest absolute Gasteiger partial charge is 0.416 e. The highest BCUT2D eigenvalue weighted by Gasteiger charge is 2.33. The normalized spacial score (nSPS) is 17.0. The lowest BCUT2D eigenvalue weighted by molar-refractivity contribution is -0.137. The van der Waals surface area contributed by atoms with Crippen molar-refractivity contribution in [2.45, 2.75) is 57.8 Å². The molecule has 2 heterocycles. The van der Waals surface area contributed by atoms with Crippen LogP contribution in [0.2, 0.25) is 5.02 Å². The molecule has 1 aliphatic carbocycles. The van der Waals surface area contributed by atoms with E-state index < -0.39 is 17.8 Å². The van der Waals surface area contributed by atoms with Crippen LogP contribution in [0.3, 0.4) is 0 Å². The summed E-state index contributed by atoms with van der Waals surface area (Å²) >= 11 is 6.09. The first-order valence-corrected chi connectivity index (χ1v) is 14.7. The summed E-state index contributed by atoms with van der Waals surface area (Å²) in [5.74, 6) is -0.0784. The number of urea groups is 1. The molecule has 1 saturated heterocycles. The summed E-state index contributed by atoms with van der Waals surface area (Å²) in [5.41, 5.74) is 4.57. The summed E-state index contributed by atoms with van der Waals surface area (Å²) in [7, 11) is 3.43. The van der Waals surface area contributed by atoms with Gasteiger partial charge in [-0.2, -0.15) is 13.2 Å². The number of fused-ring (bicyclic) bond motifs is 1. The van der Waals surface area contributed by atoms with Gasteiger partial charge in [-0.05, 0) is 93.1 Å². The third-order valence-corrected chi connectivity index (χ3v) is 8.86. The minimum absolute atomic E-state index is 0.00864. The Hall–Kier alpha value is -3.79. The predicted octanol–water partition coefficient (Wildman–Crippen LogP) is 7.26. The molecular weight excluding hydrogens is 579 g/mol. The number of halogens is 4. The first-order chi connectivity index (χ1) is 20.3. The lowest BCUT2D eigenvalue weighted by Crippen LogP contribution is -2.45. The van der Waals surface area contributed by atoms with Gasteiger partial charge in [-0.15, -0.1) is 0 Å². The molecule has 43 heavy (non-hydrogen) atoms. The molecule has 3 amide bonds. The summed E-state index contributed by atoms with van der Waals surface area (Å²) < 4.78 is 39.6. The number of benzene rings is 2. The second-order valence-electron chi connectivity index (χ2n) is 11.4. The summed E-state index contributed by atoms with van der Waals surface area (Å²) in [6.07, 6.45) is -1.52. The molecule has 0 spiro atoms. The lowest BCUT2D eigenvalue weighted by Gasteiger charge is -2.38. The molecule has 1 aromatic heterocycles. The van der Waals surface area contributed by atoms with Gasteiger partial charge in [0.15, 0.2) is 0 Å². The first-order valence-electron chi connectivity index (χ1n) is 14.3. The van der Waals surface area contributed by atoms with Crippen LogP contribution in [-0.4, -0.2) is 59.9 Å². The molecule has 5 rings (SSSR count). The number of hydrogen-bond donors (Lipinski definition) is 1. The highest BCUT2D eigenvalue weighted by Crippen LogP contribution is 2.38. The Kier molecular flexibility index (Phi) is 8.61. The fourth-order valence-corrected chi connectivity index (χ4v) is 6.30. The Balaban J connectivity index is 1.25. The standard InChI is InChI=1S/C32H35ClF3N5O2/c1-19-15-25(16-20(2)37-19)41-13-11-24(12-14-41)39(3)30(42)22-6-5-21-7-10-29(26(21)17-22)40(4)31(43)38-28-18-23(32(34,35)36)8-9-27(28)33/h5-6,8-9,15-18,24,29H,7,10-14H2,1-4H3,(H,38,43). The summed E-state index contributed by atoms with van der Waals surface area (Å²) in [5, 5.41) is 2.53. The quantitative estimate of drug-likeness (QED) is 0.329. The van der Waals surface area contributed by atoms with Crippen molar-refractivity contribution in [3.05, 3.63) is 87.2 Å². The highest BCUT2D eigenvalue weighted by molar-refractivity contribution is 6.33. The van der Waals surface area contributed by atoms with Crippen LogP contribution >= 0.6 is 11.6 Å². The Labute approximate surface area is 254 Å². The van der Waals surface area contributed by atoms with E-state index in [1.807, 2.05) is 44.0 Å². The number of pyridine rings is 1. The SMILES string of the molecule is Cc1cc(N2CCC(N(C)C(=O)c3ccc4c(c3)C(N(C)C(=O)Nc3cc(C(F)(F)F)ccc3Cl)CC4)CC2)cc(C)n1. The first kappa shape index (κ1) is 30.7. The number of anilines is 2. The van der Waals surface area contributed by atoms with E-state index in [-0.39, 0.29) is 28.7 Å². The molecule has 1 unspecified atom stereocenters. The molecule has 1 atom stereocenters. The van der Waals surface area contributed by atoms with Gasteiger partial charge in [0.25, 0.3) is 5.91 Å². The van der Waals surface area contributed by atoms with Crippen molar-refractivity contribution in [1.82, 2.24) is 14.8 Å². The third kappa shape index (κ3) is 6.59. The zero-order chi connectivity index (χ0) is 31.1. The van der Waals surface area contributed by atoms with E-state index in [9.17, 15) is 22.8 Å². The summed E-state index contributed by atoms with van der Waals surface area (Å²) in [6, 6.07) is 11.8. The van der Waals surface area contributed by atoms with Gasteiger partial charge >= 0.3 is 12.2 Å². The molecule has 11 heteroatoms. The molecule has 7 nitrogen and oxygen atoms in total. The van der Waals surface area contributed by atoms with E-state index in [4.69, 9.17) is 11.6 Å². The number of hydrogen-bond acceptors (Lipinski definition) is 4. The van der Waals surface area contributed by atoms with E-state index >= 15 is 0 Å². The molecule has 2 aliphatic rings. The minimum Gasteiger partial charge on any atom is -0.371 e. The van der Waals surface area contributed by atoms with Crippen LogP contribution in [0.4, 0.5) is 29.3 Å². The number of aromatic nitrogens is 1. The van der Waals surface area contributed by atoms with Crippen LogP contribution in [-0.2, 0) is 12.6 Å². The molecule has 1 aliphatic heterocycles. The van der Waals surface area contributed by atoms with Crippen molar-refractivity contribution in [3.63, 3.8) is 0 Å². The van der Waals surface area contributed by atoms with Crippen LogP contribution in [0.25, 0.3) is 0 Å². The number of nitrogens with one attached hydrogen (secondary N) is 1. The van der Waals surface area contributed by atoms with Gasteiger partial charge in [0.1, 0.15) is 0 Å². The highest BCUT2D eigenvalue weighted by atomic mass is 35.5. The van der Waals surface area contributed by atoms with E-state index in [1.54, 1.807) is 7.05 Å². The second-order valence-corrected chi connectivity index (χ2v) is 11.9. The Morgan fingerprint density at radius 3 is 2.28 bits per heavy atom. The molecule has 0 bridgehead atoms. The van der Waals surface area contributed by atoms with Gasteiger partial charge < -0.3 is 20.0 Å². The number of rotatable bonds is 5. The van der Waals surface area contributed by atoms with Crippen LogP contribution in [0.5, 0.6) is 0 Å². The van der Waals surface area contributed by atoms with Crippen molar-refractivity contribution >= 4 is 34.9 Å². The van der Waals surface area contributed by atoms with Crippen LogP contribution in [0, 0.1) is 13.8 Å². The molecule has 1 N–H and O–H groups in total. The average molecular weight is 614 g/mol. The number of carbonyl (C=O) groups is 2. The van der Waals surface area contributed by atoms with E-state index in [1.165, 1.54) is 4.90 Å². The maximum Gasteiger partial charge on any atom is 0.416 e. The maximum absolute atomic E-state index is 13.6. The molecular formula is C32H35ClF3N5O2. The number of aryl methyl sites for hydroxylation is 3.